The van der Waals surface area contributed by atoms with Crippen LogP contribution in [0.4, 0.5) is 0 Å². The van der Waals surface area contributed by atoms with E-state index in [9.17, 15) is 10.2 Å². The molecule has 0 radical (unpaired) electrons. The van der Waals surface area contributed by atoms with Crippen molar-refractivity contribution >= 4 is 0 Å². The van der Waals surface area contributed by atoms with Gasteiger partial charge >= 0.3 is 0 Å². The Hall–Kier alpha value is -3.22. The number of ether oxygens (including phenoxy) is 3. The molecule has 0 saturated carbocycles. The molecule has 176 valence electrons. The van der Waals surface area contributed by atoms with Gasteiger partial charge in [0.25, 0.3) is 0 Å². The largest absolute Gasteiger partial charge is 0.508 e. The average molecular weight is 452 g/mol. The summed E-state index contributed by atoms with van der Waals surface area (Å²) in [6.07, 6.45) is 0.200. The fourth-order valence-corrected chi connectivity index (χ4v) is 3.70. The highest BCUT2D eigenvalue weighted by Crippen LogP contribution is 2.31. The van der Waals surface area contributed by atoms with E-state index in [2.05, 4.69) is 36.5 Å². The van der Waals surface area contributed by atoms with Crippen LogP contribution in [0.3, 0.4) is 0 Å². The van der Waals surface area contributed by atoms with Crippen molar-refractivity contribution in [2.24, 2.45) is 0 Å². The summed E-state index contributed by atoms with van der Waals surface area (Å²) in [6.45, 7) is 2.70. The zero-order chi connectivity index (χ0) is 23.6. The summed E-state index contributed by atoms with van der Waals surface area (Å²) in [5, 5.41) is 23.1. The number of aromatic hydroxyl groups is 1. The van der Waals surface area contributed by atoms with E-state index in [4.69, 9.17) is 14.2 Å². The Morgan fingerprint density at radius 2 is 1.24 bits per heavy atom. The second kappa shape index (κ2) is 12.1. The second-order valence-corrected chi connectivity index (χ2v) is 8.10. The maximum absolute atomic E-state index is 10.3. The van der Waals surface area contributed by atoms with Crippen molar-refractivity contribution in [1.29, 1.82) is 0 Å². The number of aliphatic hydroxyl groups is 1. The molecule has 6 heteroatoms. The van der Waals surface area contributed by atoms with Crippen LogP contribution in [-0.2, 0) is 0 Å². The average Bonchev–Trinajstić information content (AvgIpc) is 2.86. The van der Waals surface area contributed by atoms with Gasteiger partial charge < -0.3 is 29.7 Å². The summed E-state index contributed by atoms with van der Waals surface area (Å²) in [7, 11) is 3.33. The Bertz CT molecular complexity index is 910. The molecule has 0 heterocycles. The number of hydrogen-bond donors (Lipinski definition) is 3. The van der Waals surface area contributed by atoms with E-state index >= 15 is 0 Å². The molecule has 2 atom stereocenters. The van der Waals surface area contributed by atoms with Gasteiger partial charge in [-0.25, -0.2) is 0 Å². The molecule has 0 amide bonds. The zero-order valence-corrected chi connectivity index (χ0v) is 19.4. The van der Waals surface area contributed by atoms with Gasteiger partial charge in [-0.05, 0) is 73.0 Å². The van der Waals surface area contributed by atoms with Crippen molar-refractivity contribution in [2.75, 3.05) is 27.4 Å². The van der Waals surface area contributed by atoms with Crippen LogP contribution in [0.25, 0.3) is 0 Å². The molecule has 33 heavy (non-hydrogen) atoms. The van der Waals surface area contributed by atoms with E-state index in [1.807, 2.05) is 24.3 Å². The number of methoxy groups -OCH3 is 2. The van der Waals surface area contributed by atoms with E-state index in [0.29, 0.717) is 12.3 Å². The molecule has 0 fully saturated rings. The van der Waals surface area contributed by atoms with Gasteiger partial charge in [0.05, 0.1) is 14.2 Å². The van der Waals surface area contributed by atoms with Gasteiger partial charge in [-0.3, -0.25) is 0 Å². The van der Waals surface area contributed by atoms with Crippen LogP contribution in [0.2, 0.25) is 0 Å². The predicted molar refractivity (Wildman–Crippen MR) is 130 cm³/mol. The Morgan fingerprint density at radius 3 is 1.73 bits per heavy atom. The lowest BCUT2D eigenvalue weighted by Crippen LogP contribution is -2.37. The van der Waals surface area contributed by atoms with Crippen molar-refractivity contribution in [3.8, 4) is 23.0 Å². The van der Waals surface area contributed by atoms with E-state index in [-0.39, 0.29) is 24.3 Å². The third-order valence-corrected chi connectivity index (χ3v) is 5.61. The van der Waals surface area contributed by atoms with E-state index in [0.717, 1.165) is 17.9 Å². The van der Waals surface area contributed by atoms with Gasteiger partial charge in [0.15, 0.2) is 0 Å². The fourth-order valence-electron chi connectivity index (χ4n) is 3.70. The highest BCUT2D eigenvalue weighted by Gasteiger charge is 2.19. The lowest BCUT2D eigenvalue weighted by molar-refractivity contribution is 0.103. The molecule has 3 aromatic rings. The van der Waals surface area contributed by atoms with Crippen LogP contribution >= 0.6 is 0 Å². The minimum Gasteiger partial charge on any atom is -0.508 e. The first kappa shape index (κ1) is 24.4. The minimum absolute atomic E-state index is 0.155. The number of hydrogen-bond acceptors (Lipinski definition) is 6. The molecule has 0 bridgehead atoms. The van der Waals surface area contributed by atoms with Crippen LogP contribution in [0.1, 0.15) is 30.4 Å². The Labute approximate surface area is 195 Å². The number of phenolic OH excluding ortho intramolecular Hbond substituents is 1. The SMILES string of the molecule is COc1ccc(C(C[C@H](C)NC[C@H](O)COc2ccc(O)cc2)c2ccc(OC)cc2)cc1. The van der Waals surface area contributed by atoms with Crippen molar-refractivity contribution in [2.45, 2.75) is 31.4 Å². The van der Waals surface area contributed by atoms with Crippen molar-refractivity contribution in [3.05, 3.63) is 83.9 Å². The molecule has 3 N–H and O–H groups in total. The highest BCUT2D eigenvalue weighted by molar-refractivity contribution is 5.38. The molecule has 3 aromatic carbocycles. The lowest BCUT2D eigenvalue weighted by Gasteiger charge is -2.24. The summed E-state index contributed by atoms with van der Waals surface area (Å²) < 4.78 is 16.2. The summed E-state index contributed by atoms with van der Waals surface area (Å²) in [5.74, 6) is 2.63. The maximum Gasteiger partial charge on any atom is 0.119 e. The second-order valence-electron chi connectivity index (χ2n) is 8.10. The van der Waals surface area contributed by atoms with Crippen molar-refractivity contribution < 1.29 is 24.4 Å². The van der Waals surface area contributed by atoms with Crippen LogP contribution in [-0.4, -0.2) is 49.7 Å². The Kier molecular flexibility index (Phi) is 8.98. The monoisotopic (exact) mass is 451 g/mol. The molecule has 0 aliphatic heterocycles. The molecule has 0 saturated heterocycles. The number of phenols is 1. The quantitative estimate of drug-likeness (QED) is 0.380. The van der Waals surface area contributed by atoms with Gasteiger partial charge in [-0.15, -0.1) is 0 Å². The molecule has 0 spiro atoms. The summed E-state index contributed by atoms with van der Waals surface area (Å²) in [5.41, 5.74) is 2.40. The molecule has 0 unspecified atom stereocenters. The Balaban J connectivity index is 1.59. The van der Waals surface area contributed by atoms with Crippen molar-refractivity contribution in [1.82, 2.24) is 5.32 Å². The van der Waals surface area contributed by atoms with E-state index in [1.54, 1.807) is 38.5 Å². The van der Waals surface area contributed by atoms with Gasteiger partial charge in [0.1, 0.15) is 35.7 Å². The first-order valence-electron chi connectivity index (χ1n) is 11.1. The van der Waals surface area contributed by atoms with Crippen LogP contribution in [0, 0.1) is 0 Å². The predicted octanol–water partition coefficient (Wildman–Crippen LogP) is 4.35. The van der Waals surface area contributed by atoms with Gasteiger partial charge in [0, 0.05) is 18.5 Å². The topological polar surface area (TPSA) is 80.2 Å². The summed E-state index contributed by atoms with van der Waals surface area (Å²) in [4.78, 5) is 0. The Morgan fingerprint density at radius 1 is 0.758 bits per heavy atom. The van der Waals surface area contributed by atoms with E-state index < -0.39 is 6.10 Å². The molecule has 3 rings (SSSR count). The van der Waals surface area contributed by atoms with Crippen LogP contribution in [0.5, 0.6) is 23.0 Å². The van der Waals surface area contributed by atoms with Gasteiger partial charge in [0.2, 0.25) is 0 Å². The summed E-state index contributed by atoms with van der Waals surface area (Å²) >= 11 is 0. The lowest BCUT2D eigenvalue weighted by atomic mass is 9.86. The molecule has 6 nitrogen and oxygen atoms in total. The first-order valence-corrected chi connectivity index (χ1v) is 11.1. The molecule has 0 aliphatic carbocycles. The number of nitrogens with one attached hydrogen (secondary N) is 1. The molecular weight excluding hydrogens is 418 g/mol. The number of benzene rings is 3. The molecule has 0 aliphatic rings. The normalized spacial score (nSPS) is 12.9. The molecular formula is C27H33NO5. The van der Waals surface area contributed by atoms with Gasteiger partial charge in [-0.2, -0.15) is 0 Å². The number of rotatable bonds is 12. The standard InChI is InChI=1S/C27H33NO5/c1-19(28-17-23(30)18-33-26-14-8-22(29)9-15-26)16-27(20-4-10-24(31-2)11-5-20)21-6-12-25(32-3)13-7-21/h4-15,19,23,27-30H,16-18H2,1-3H3/t19-,23-/m0/s1. The zero-order valence-electron chi connectivity index (χ0n) is 19.4. The first-order chi connectivity index (χ1) is 16.0. The van der Waals surface area contributed by atoms with Crippen molar-refractivity contribution in [3.63, 3.8) is 0 Å². The number of aliphatic hydroxyl groups excluding tert-OH is 1. The third-order valence-electron chi connectivity index (χ3n) is 5.61. The smallest absolute Gasteiger partial charge is 0.119 e. The molecule has 0 aromatic heterocycles. The van der Waals surface area contributed by atoms with Crippen LogP contribution < -0.4 is 19.5 Å². The minimum atomic E-state index is -0.651. The fraction of sp³-hybridized carbons (Fsp3) is 0.333. The summed E-state index contributed by atoms with van der Waals surface area (Å²) in [6, 6.07) is 22.9. The van der Waals surface area contributed by atoms with E-state index in [1.165, 1.54) is 11.1 Å². The third kappa shape index (κ3) is 7.41. The van der Waals surface area contributed by atoms with Crippen LogP contribution in [0.15, 0.2) is 72.8 Å². The highest BCUT2D eigenvalue weighted by atomic mass is 16.5. The van der Waals surface area contributed by atoms with Gasteiger partial charge in [-0.1, -0.05) is 24.3 Å². The maximum atomic E-state index is 10.3.